The van der Waals surface area contributed by atoms with Gasteiger partial charge in [0.1, 0.15) is 0 Å². The van der Waals surface area contributed by atoms with Gasteiger partial charge in [-0.05, 0) is 37.8 Å². The van der Waals surface area contributed by atoms with Gasteiger partial charge in [-0.25, -0.2) is 0 Å². The smallest absolute Gasteiger partial charge is 0.163 e. The highest BCUT2D eigenvalue weighted by Gasteiger charge is 2.12. The largest absolute Gasteiger partial charge is 0.330 e. The van der Waals surface area contributed by atoms with E-state index in [0.717, 1.165) is 30.5 Å². The molecule has 0 amide bonds. The summed E-state index contributed by atoms with van der Waals surface area (Å²) in [6.45, 7) is 4.91. The number of carbonyl (C=O) groups excluding carboxylic acids is 1. The van der Waals surface area contributed by atoms with E-state index in [1.807, 2.05) is 31.2 Å². The van der Waals surface area contributed by atoms with E-state index >= 15 is 0 Å². The first kappa shape index (κ1) is 14.9. The van der Waals surface area contributed by atoms with Crippen LogP contribution < -0.4 is 5.73 Å². The third-order valence-corrected chi connectivity index (χ3v) is 3.50. The van der Waals surface area contributed by atoms with Crippen molar-refractivity contribution in [2.45, 2.75) is 46.0 Å². The fourth-order valence-electron chi connectivity index (χ4n) is 2.43. The van der Waals surface area contributed by atoms with Crippen LogP contribution in [0.4, 0.5) is 0 Å². The molecule has 0 saturated carbocycles. The lowest BCUT2D eigenvalue weighted by Crippen LogP contribution is -2.11. The lowest BCUT2D eigenvalue weighted by Gasteiger charge is -2.14. The lowest BCUT2D eigenvalue weighted by molar-refractivity contribution is 0.0971. The Labute approximate surface area is 111 Å². The Hall–Kier alpha value is -1.15. The zero-order valence-corrected chi connectivity index (χ0v) is 11.6. The summed E-state index contributed by atoms with van der Waals surface area (Å²) in [5.41, 5.74) is 7.57. The van der Waals surface area contributed by atoms with E-state index in [9.17, 15) is 4.79 Å². The van der Waals surface area contributed by atoms with E-state index in [1.165, 1.54) is 12.8 Å². The highest BCUT2D eigenvalue weighted by Crippen LogP contribution is 2.19. The van der Waals surface area contributed by atoms with Crippen LogP contribution in [0.1, 0.15) is 54.9 Å². The lowest BCUT2D eigenvalue weighted by atomic mass is 9.91. The maximum Gasteiger partial charge on any atom is 0.163 e. The molecule has 2 N–H and O–H groups in total. The summed E-state index contributed by atoms with van der Waals surface area (Å²) < 4.78 is 0. The molecule has 0 aromatic heterocycles. The second kappa shape index (κ2) is 8.04. The average molecular weight is 247 g/mol. The minimum atomic E-state index is 0.270. The first-order valence-corrected chi connectivity index (χ1v) is 6.98. The summed E-state index contributed by atoms with van der Waals surface area (Å²) in [5, 5.41) is 0. The molecule has 100 valence electrons. The Morgan fingerprint density at radius 3 is 2.56 bits per heavy atom. The topological polar surface area (TPSA) is 43.1 Å². The molecule has 0 bridgehead atoms. The van der Waals surface area contributed by atoms with Crippen LogP contribution in [0.2, 0.25) is 0 Å². The average Bonchev–Trinajstić information content (AvgIpc) is 2.36. The minimum Gasteiger partial charge on any atom is -0.330 e. The van der Waals surface area contributed by atoms with Crippen molar-refractivity contribution in [3.05, 3.63) is 35.4 Å². The van der Waals surface area contributed by atoms with Gasteiger partial charge in [0.25, 0.3) is 0 Å². The van der Waals surface area contributed by atoms with Crippen molar-refractivity contribution in [1.29, 1.82) is 0 Å². The van der Waals surface area contributed by atoms with Gasteiger partial charge in [0, 0.05) is 12.0 Å². The standard InChI is InChI=1S/C16H25NO/c1-3-6-14(11-12-17)9-10-16(18)15-8-5-4-7-13(15)2/h4-5,7-8,14H,3,6,9-12,17H2,1-2H3. The van der Waals surface area contributed by atoms with Gasteiger partial charge >= 0.3 is 0 Å². The fraction of sp³-hybridized carbons (Fsp3) is 0.562. The highest BCUT2D eigenvalue weighted by molar-refractivity contribution is 5.97. The monoisotopic (exact) mass is 247 g/mol. The van der Waals surface area contributed by atoms with Crippen molar-refractivity contribution < 1.29 is 4.79 Å². The Morgan fingerprint density at radius 1 is 1.22 bits per heavy atom. The zero-order chi connectivity index (χ0) is 13.4. The predicted octanol–water partition coefficient (Wildman–Crippen LogP) is 3.72. The predicted molar refractivity (Wildman–Crippen MR) is 76.8 cm³/mol. The highest BCUT2D eigenvalue weighted by atomic mass is 16.1. The van der Waals surface area contributed by atoms with Crippen molar-refractivity contribution in [2.75, 3.05) is 6.54 Å². The molecular weight excluding hydrogens is 222 g/mol. The number of nitrogens with two attached hydrogens (primary N) is 1. The van der Waals surface area contributed by atoms with E-state index in [4.69, 9.17) is 5.73 Å². The molecule has 0 aliphatic rings. The Balaban J connectivity index is 2.52. The van der Waals surface area contributed by atoms with Crippen LogP contribution in [0.15, 0.2) is 24.3 Å². The summed E-state index contributed by atoms with van der Waals surface area (Å²) in [4.78, 5) is 12.1. The molecule has 2 heteroatoms. The van der Waals surface area contributed by atoms with Crippen LogP contribution in [-0.4, -0.2) is 12.3 Å². The molecular formula is C16H25NO. The zero-order valence-electron chi connectivity index (χ0n) is 11.6. The summed E-state index contributed by atoms with van der Waals surface area (Å²) in [7, 11) is 0. The van der Waals surface area contributed by atoms with E-state index in [1.54, 1.807) is 0 Å². The molecule has 0 aliphatic carbocycles. The SMILES string of the molecule is CCCC(CCN)CCC(=O)c1ccccc1C. The summed E-state index contributed by atoms with van der Waals surface area (Å²) >= 11 is 0. The van der Waals surface area contributed by atoms with Crippen LogP contribution in [0.25, 0.3) is 0 Å². The van der Waals surface area contributed by atoms with E-state index < -0.39 is 0 Å². The molecule has 1 rings (SSSR count). The normalized spacial score (nSPS) is 12.4. The molecule has 0 spiro atoms. The molecule has 0 heterocycles. The molecule has 0 aliphatic heterocycles. The Morgan fingerprint density at radius 2 is 1.94 bits per heavy atom. The van der Waals surface area contributed by atoms with Crippen LogP contribution in [0, 0.1) is 12.8 Å². The first-order chi connectivity index (χ1) is 8.69. The quantitative estimate of drug-likeness (QED) is 0.711. The third-order valence-electron chi connectivity index (χ3n) is 3.50. The number of ketones is 1. The molecule has 1 atom stereocenters. The van der Waals surface area contributed by atoms with E-state index in [0.29, 0.717) is 12.3 Å². The molecule has 1 aromatic carbocycles. The number of hydrogen-bond acceptors (Lipinski definition) is 2. The molecule has 18 heavy (non-hydrogen) atoms. The summed E-state index contributed by atoms with van der Waals surface area (Å²) in [6, 6.07) is 7.83. The van der Waals surface area contributed by atoms with Gasteiger partial charge < -0.3 is 5.73 Å². The third kappa shape index (κ3) is 4.61. The van der Waals surface area contributed by atoms with Gasteiger partial charge in [-0.15, -0.1) is 0 Å². The van der Waals surface area contributed by atoms with Gasteiger partial charge in [0.05, 0.1) is 0 Å². The molecule has 2 nitrogen and oxygen atoms in total. The van der Waals surface area contributed by atoms with Crippen molar-refractivity contribution in [2.24, 2.45) is 11.7 Å². The van der Waals surface area contributed by atoms with E-state index in [-0.39, 0.29) is 5.78 Å². The molecule has 1 aromatic rings. The summed E-state index contributed by atoms with van der Waals surface area (Å²) in [5.74, 6) is 0.874. The maximum atomic E-state index is 12.1. The molecule has 1 unspecified atom stereocenters. The number of rotatable bonds is 8. The van der Waals surface area contributed by atoms with Crippen molar-refractivity contribution in [1.82, 2.24) is 0 Å². The number of aryl methyl sites for hydroxylation is 1. The Bertz CT molecular complexity index is 367. The van der Waals surface area contributed by atoms with Crippen LogP contribution in [-0.2, 0) is 0 Å². The van der Waals surface area contributed by atoms with Crippen molar-refractivity contribution in [3.8, 4) is 0 Å². The Kier molecular flexibility index (Phi) is 6.66. The second-order valence-corrected chi connectivity index (χ2v) is 5.01. The van der Waals surface area contributed by atoms with Crippen LogP contribution in [0.3, 0.4) is 0 Å². The van der Waals surface area contributed by atoms with Crippen LogP contribution >= 0.6 is 0 Å². The van der Waals surface area contributed by atoms with Crippen molar-refractivity contribution >= 4 is 5.78 Å². The summed E-state index contributed by atoms with van der Waals surface area (Å²) in [6.07, 6.45) is 5.00. The van der Waals surface area contributed by atoms with E-state index in [2.05, 4.69) is 6.92 Å². The van der Waals surface area contributed by atoms with Crippen LogP contribution in [0.5, 0.6) is 0 Å². The molecule has 0 saturated heterocycles. The number of Topliss-reactive ketones (excluding diaryl/α,β-unsaturated/α-hetero) is 1. The second-order valence-electron chi connectivity index (χ2n) is 5.01. The minimum absolute atomic E-state index is 0.270. The fourth-order valence-corrected chi connectivity index (χ4v) is 2.43. The molecule has 0 radical (unpaired) electrons. The van der Waals surface area contributed by atoms with Gasteiger partial charge in [-0.2, -0.15) is 0 Å². The maximum absolute atomic E-state index is 12.1. The van der Waals surface area contributed by atoms with Crippen molar-refractivity contribution in [3.63, 3.8) is 0 Å². The number of hydrogen-bond donors (Lipinski definition) is 1. The van der Waals surface area contributed by atoms with Gasteiger partial charge in [-0.1, -0.05) is 44.0 Å². The van der Waals surface area contributed by atoms with Gasteiger partial charge in [0.15, 0.2) is 5.78 Å². The molecule has 0 fully saturated rings. The van der Waals surface area contributed by atoms with Gasteiger partial charge in [-0.3, -0.25) is 4.79 Å². The van der Waals surface area contributed by atoms with Gasteiger partial charge in [0.2, 0.25) is 0 Å². The number of carbonyl (C=O) groups is 1. The first-order valence-electron chi connectivity index (χ1n) is 6.98. The number of benzene rings is 1.